The largest absolute Gasteiger partial charge is 0.476 e. The van der Waals surface area contributed by atoms with Gasteiger partial charge in [-0.15, -0.1) is 0 Å². The number of aromatic nitrogens is 1. The summed E-state index contributed by atoms with van der Waals surface area (Å²) in [5.41, 5.74) is -0.00714. The molecule has 1 aromatic rings. The lowest BCUT2D eigenvalue weighted by atomic mass is 9.84. The highest BCUT2D eigenvalue weighted by molar-refractivity contribution is 5.85. The molecular weight excluding hydrogens is 258 g/mol. The van der Waals surface area contributed by atoms with E-state index < -0.39 is 5.97 Å². The lowest BCUT2D eigenvalue weighted by molar-refractivity contribution is 0.0322. The molecule has 2 aliphatic heterocycles. The molecule has 0 aromatic carbocycles. The molecule has 0 radical (unpaired) electrons. The van der Waals surface area contributed by atoms with Crippen LogP contribution in [0.5, 0.6) is 0 Å². The Bertz CT molecular complexity index is 488. The summed E-state index contributed by atoms with van der Waals surface area (Å²) in [7, 11) is 2.22. The van der Waals surface area contributed by atoms with E-state index in [1.807, 2.05) is 0 Å². The number of likely N-dealkylation sites (tertiary alicyclic amines) is 2. The van der Waals surface area contributed by atoms with Crippen LogP contribution in [0.1, 0.15) is 35.5 Å². The third-order valence-corrected chi connectivity index (χ3v) is 4.59. The second-order valence-electron chi connectivity index (χ2n) is 5.96. The Morgan fingerprint density at radius 2 is 2.35 bits per heavy atom. The monoisotopic (exact) mass is 279 g/mol. The van der Waals surface area contributed by atoms with Crippen molar-refractivity contribution >= 4 is 5.97 Å². The van der Waals surface area contributed by atoms with E-state index in [1.165, 1.54) is 31.9 Å². The van der Waals surface area contributed by atoms with E-state index in [4.69, 9.17) is 9.63 Å². The van der Waals surface area contributed by atoms with Gasteiger partial charge in [0.05, 0.1) is 6.54 Å². The van der Waals surface area contributed by atoms with Gasteiger partial charge in [0.2, 0.25) is 0 Å². The molecule has 110 valence electrons. The number of carboxylic acids is 1. The van der Waals surface area contributed by atoms with Crippen molar-refractivity contribution in [3.05, 3.63) is 17.5 Å². The fourth-order valence-corrected chi connectivity index (χ4v) is 3.58. The Morgan fingerprint density at radius 1 is 1.50 bits per heavy atom. The van der Waals surface area contributed by atoms with Gasteiger partial charge in [-0.05, 0) is 38.8 Å². The summed E-state index contributed by atoms with van der Waals surface area (Å²) in [4.78, 5) is 15.6. The number of carbonyl (C=O) groups is 1. The molecular formula is C14H21N3O3. The summed E-state index contributed by atoms with van der Waals surface area (Å²) in [5.74, 6) is 0.335. The van der Waals surface area contributed by atoms with Crippen LogP contribution >= 0.6 is 0 Å². The minimum atomic E-state index is -1.03. The Labute approximate surface area is 118 Å². The number of piperidine rings is 2. The average molecular weight is 279 g/mol. The zero-order valence-electron chi connectivity index (χ0n) is 11.8. The van der Waals surface area contributed by atoms with Crippen molar-refractivity contribution in [2.75, 3.05) is 26.7 Å². The van der Waals surface area contributed by atoms with Crippen LogP contribution in [0.4, 0.5) is 0 Å². The molecule has 2 saturated heterocycles. The van der Waals surface area contributed by atoms with Crippen LogP contribution in [0, 0.1) is 5.92 Å². The predicted molar refractivity (Wildman–Crippen MR) is 72.5 cm³/mol. The topological polar surface area (TPSA) is 69.8 Å². The van der Waals surface area contributed by atoms with Gasteiger partial charge < -0.3 is 14.5 Å². The minimum absolute atomic E-state index is 0.00714. The van der Waals surface area contributed by atoms with Crippen LogP contribution in [-0.4, -0.2) is 58.8 Å². The molecule has 2 fully saturated rings. The first kappa shape index (κ1) is 13.6. The highest BCUT2D eigenvalue weighted by Crippen LogP contribution is 2.30. The van der Waals surface area contributed by atoms with Crippen molar-refractivity contribution in [3.63, 3.8) is 0 Å². The molecule has 3 heterocycles. The van der Waals surface area contributed by atoms with E-state index in [1.54, 1.807) is 0 Å². The summed E-state index contributed by atoms with van der Waals surface area (Å²) >= 11 is 0. The van der Waals surface area contributed by atoms with Gasteiger partial charge in [0, 0.05) is 25.2 Å². The molecule has 0 aliphatic carbocycles. The molecule has 0 saturated carbocycles. The Hall–Kier alpha value is -1.40. The van der Waals surface area contributed by atoms with Crippen LogP contribution in [0.15, 0.2) is 10.6 Å². The van der Waals surface area contributed by atoms with E-state index in [-0.39, 0.29) is 5.69 Å². The average Bonchev–Trinajstić information content (AvgIpc) is 2.88. The first-order valence-electron chi connectivity index (χ1n) is 7.25. The van der Waals surface area contributed by atoms with E-state index in [2.05, 4.69) is 22.0 Å². The predicted octanol–water partition coefficient (Wildman–Crippen LogP) is 1.29. The zero-order chi connectivity index (χ0) is 14.1. The van der Waals surface area contributed by atoms with Gasteiger partial charge in [-0.2, -0.15) is 0 Å². The highest BCUT2D eigenvalue weighted by atomic mass is 16.5. The molecule has 3 rings (SSSR count). The van der Waals surface area contributed by atoms with Gasteiger partial charge in [-0.1, -0.05) is 5.16 Å². The number of fused-ring (bicyclic) bond motifs is 1. The first-order chi connectivity index (χ1) is 9.63. The lowest BCUT2D eigenvalue weighted by Crippen LogP contribution is -2.52. The van der Waals surface area contributed by atoms with Crippen molar-refractivity contribution in [1.82, 2.24) is 15.0 Å². The molecule has 20 heavy (non-hydrogen) atoms. The number of nitrogens with zero attached hydrogens (tertiary/aromatic N) is 3. The Kier molecular flexibility index (Phi) is 3.76. The van der Waals surface area contributed by atoms with Crippen LogP contribution < -0.4 is 0 Å². The summed E-state index contributed by atoms with van der Waals surface area (Å²) in [5, 5.41) is 12.4. The maximum atomic E-state index is 10.8. The molecule has 1 aromatic heterocycles. The maximum Gasteiger partial charge on any atom is 0.358 e. The van der Waals surface area contributed by atoms with Crippen LogP contribution in [-0.2, 0) is 6.54 Å². The zero-order valence-corrected chi connectivity index (χ0v) is 11.8. The van der Waals surface area contributed by atoms with Crippen molar-refractivity contribution in [3.8, 4) is 0 Å². The Morgan fingerprint density at radius 3 is 3.10 bits per heavy atom. The molecule has 2 unspecified atom stereocenters. The third-order valence-electron chi connectivity index (χ3n) is 4.59. The molecule has 2 aliphatic rings. The molecule has 6 nitrogen and oxygen atoms in total. The number of rotatable bonds is 3. The fraction of sp³-hybridized carbons (Fsp3) is 0.714. The SMILES string of the molecule is CN1CCCC2CN(Cc3cc(C(=O)O)no3)CCC21. The normalized spacial score (nSPS) is 28.2. The summed E-state index contributed by atoms with van der Waals surface area (Å²) < 4.78 is 5.10. The molecule has 0 spiro atoms. The Balaban J connectivity index is 1.60. The lowest BCUT2D eigenvalue weighted by Gasteiger charge is -2.45. The van der Waals surface area contributed by atoms with Crippen LogP contribution in [0.25, 0.3) is 0 Å². The van der Waals surface area contributed by atoms with Crippen LogP contribution in [0.3, 0.4) is 0 Å². The van der Waals surface area contributed by atoms with Crippen molar-refractivity contribution < 1.29 is 14.4 Å². The summed E-state index contributed by atoms with van der Waals surface area (Å²) in [6.45, 7) is 3.98. The van der Waals surface area contributed by atoms with Crippen molar-refractivity contribution in [1.29, 1.82) is 0 Å². The van der Waals surface area contributed by atoms with Gasteiger partial charge in [0.15, 0.2) is 11.5 Å². The minimum Gasteiger partial charge on any atom is -0.476 e. The fourth-order valence-electron chi connectivity index (χ4n) is 3.58. The van der Waals surface area contributed by atoms with Gasteiger partial charge in [0.1, 0.15) is 0 Å². The quantitative estimate of drug-likeness (QED) is 0.899. The number of hydrogen-bond acceptors (Lipinski definition) is 5. The molecule has 2 atom stereocenters. The maximum absolute atomic E-state index is 10.8. The van der Waals surface area contributed by atoms with E-state index >= 15 is 0 Å². The summed E-state index contributed by atoms with van der Waals surface area (Å²) in [6.07, 6.45) is 3.75. The molecule has 6 heteroatoms. The van der Waals surface area contributed by atoms with Crippen LogP contribution in [0.2, 0.25) is 0 Å². The smallest absolute Gasteiger partial charge is 0.358 e. The van der Waals surface area contributed by atoms with Crippen molar-refractivity contribution in [2.24, 2.45) is 5.92 Å². The molecule has 0 amide bonds. The third kappa shape index (κ3) is 2.71. The van der Waals surface area contributed by atoms with Gasteiger partial charge in [0.25, 0.3) is 0 Å². The highest BCUT2D eigenvalue weighted by Gasteiger charge is 2.34. The first-order valence-corrected chi connectivity index (χ1v) is 7.25. The van der Waals surface area contributed by atoms with E-state index in [9.17, 15) is 4.79 Å². The molecule has 1 N–H and O–H groups in total. The van der Waals surface area contributed by atoms with Crippen molar-refractivity contribution in [2.45, 2.75) is 31.8 Å². The molecule has 0 bridgehead atoms. The van der Waals surface area contributed by atoms with E-state index in [0.29, 0.717) is 18.3 Å². The summed E-state index contributed by atoms with van der Waals surface area (Å²) in [6, 6.07) is 2.24. The number of hydrogen-bond donors (Lipinski definition) is 1. The second-order valence-corrected chi connectivity index (χ2v) is 5.96. The van der Waals surface area contributed by atoms with Gasteiger partial charge in [-0.3, -0.25) is 4.90 Å². The standard InChI is InChI=1S/C14H21N3O3/c1-16-5-2-3-10-8-17(6-4-13(10)16)9-11-7-12(14(18)19)15-20-11/h7,10,13H,2-6,8-9H2,1H3,(H,18,19). The van der Waals surface area contributed by atoms with Gasteiger partial charge >= 0.3 is 5.97 Å². The number of aromatic carboxylic acids is 1. The second kappa shape index (κ2) is 5.54. The van der Waals surface area contributed by atoms with E-state index in [0.717, 1.165) is 19.0 Å². The number of carboxylic acid groups (broad SMARTS) is 1. The van der Waals surface area contributed by atoms with Gasteiger partial charge in [-0.25, -0.2) is 4.79 Å².